The highest BCUT2D eigenvalue weighted by Gasteiger charge is 2.20. The molecule has 2 heteroatoms. The maximum atomic E-state index is 2.38. The minimum absolute atomic E-state index is 1.26. The van der Waals surface area contributed by atoms with Gasteiger partial charge >= 0.3 is 0 Å². The van der Waals surface area contributed by atoms with E-state index in [0.717, 1.165) is 0 Å². The molecule has 34 heavy (non-hydrogen) atoms. The van der Waals surface area contributed by atoms with E-state index in [1.807, 2.05) is 22.7 Å². The van der Waals surface area contributed by atoms with Gasteiger partial charge in [0.1, 0.15) is 0 Å². The van der Waals surface area contributed by atoms with Gasteiger partial charge in [0.15, 0.2) is 0 Å². The standard InChI is InChI=1S/C32H22S2/c1-5-13-23(14-6-1)29-21-27(31(33-29)25-17-9-3-10-18-25)28-22-30(24-15-7-2-8-16-24)34-32(28)26-19-11-4-12-20-26/h1-22H. The number of thiophene rings is 2. The first-order valence-corrected chi connectivity index (χ1v) is 13.0. The van der Waals surface area contributed by atoms with Crippen molar-refractivity contribution in [1.29, 1.82) is 0 Å². The third-order valence-corrected chi connectivity index (χ3v) is 8.41. The summed E-state index contributed by atoms with van der Waals surface area (Å²) in [4.78, 5) is 5.21. The Kier molecular flexibility index (Phi) is 5.68. The zero-order chi connectivity index (χ0) is 22.7. The average molecular weight is 471 g/mol. The van der Waals surface area contributed by atoms with E-state index in [1.54, 1.807) is 0 Å². The second-order valence-electron chi connectivity index (χ2n) is 8.17. The molecule has 6 aromatic rings. The molecule has 0 amide bonds. The van der Waals surface area contributed by atoms with Gasteiger partial charge in [-0.3, -0.25) is 0 Å². The highest BCUT2D eigenvalue weighted by Crippen LogP contribution is 2.50. The van der Waals surface area contributed by atoms with E-state index in [-0.39, 0.29) is 0 Å². The lowest BCUT2D eigenvalue weighted by molar-refractivity contribution is 1.66. The zero-order valence-electron chi connectivity index (χ0n) is 18.5. The van der Waals surface area contributed by atoms with Crippen molar-refractivity contribution in [1.82, 2.24) is 0 Å². The third kappa shape index (κ3) is 4.03. The lowest BCUT2D eigenvalue weighted by atomic mass is 9.98. The minimum atomic E-state index is 1.26. The molecule has 0 aliphatic heterocycles. The molecule has 4 aromatic carbocycles. The molecule has 0 N–H and O–H groups in total. The lowest BCUT2D eigenvalue weighted by Crippen LogP contribution is -1.80. The predicted molar refractivity (Wildman–Crippen MR) is 149 cm³/mol. The normalized spacial score (nSPS) is 10.9. The van der Waals surface area contributed by atoms with Gasteiger partial charge in [-0.25, -0.2) is 0 Å². The molecule has 162 valence electrons. The predicted octanol–water partition coefficient (Wildman–Crippen LogP) is 10.1. The Morgan fingerprint density at radius 1 is 0.324 bits per heavy atom. The topological polar surface area (TPSA) is 0 Å². The first-order valence-electron chi connectivity index (χ1n) is 11.4. The summed E-state index contributed by atoms with van der Waals surface area (Å²) >= 11 is 3.75. The number of hydrogen-bond donors (Lipinski definition) is 0. The average Bonchev–Trinajstić information content (AvgIpc) is 3.56. The van der Waals surface area contributed by atoms with Crippen LogP contribution in [0.5, 0.6) is 0 Å². The fraction of sp³-hybridized carbons (Fsp3) is 0. The van der Waals surface area contributed by atoms with E-state index in [0.29, 0.717) is 0 Å². The van der Waals surface area contributed by atoms with Crippen LogP contribution < -0.4 is 0 Å². The highest BCUT2D eigenvalue weighted by atomic mass is 32.1. The van der Waals surface area contributed by atoms with Crippen LogP contribution in [-0.4, -0.2) is 0 Å². The van der Waals surface area contributed by atoms with Gasteiger partial charge in [0.05, 0.1) is 0 Å². The number of hydrogen-bond acceptors (Lipinski definition) is 2. The SMILES string of the molecule is c1ccc(-c2cc(-c3cc(-c4ccccc4)sc3-c3ccccc3)c(-c3ccccc3)s2)cc1. The largest absolute Gasteiger partial charge is 0.135 e. The van der Waals surface area contributed by atoms with Crippen molar-refractivity contribution >= 4 is 22.7 Å². The molecule has 0 radical (unpaired) electrons. The summed E-state index contributed by atoms with van der Waals surface area (Å²) in [6.07, 6.45) is 0. The Morgan fingerprint density at radius 3 is 0.941 bits per heavy atom. The molecule has 0 nitrogen and oxygen atoms in total. The molecule has 0 aliphatic carbocycles. The molecule has 0 bridgehead atoms. The van der Waals surface area contributed by atoms with Crippen LogP contribution in [0.1, 0.15) is 0 Å². The minimum Gasteiger partial charge on any atom is -0.135 e. The van der Waals surface area contributed by atoms with Crippen LogP contribution in [0.3, 0.4) is 0 Å². The smallest absolute Gasteiger partial charge is 0.0428 e. The summed E-state index contributed by atoms with van der Waals surface area (Å²) in [5.41, 5.74) is 7.64. The van der Waals surface area contributed by atoms with Gasteiger partial charge in [-0.1, -0.05) is 121 Å². The summed E-state index contributed by atoms with van der Waals surface area (Å²) in [5, 5.41) is 0. The molecule has 0 saturated heterocycles. The summed E-state index contributed by atoms with van der Waals surface area (Å²) < 4.78 is 0. The molecule has 2 heterocycles. The molecule has 0 unspecified atom stereocenters. The molecular formula is C32H22S2. The maximum Gasteiger partial charge on any atom is 0.0428 e. The van der Waals surface area contributed by atoms with E-state index in [9.17, 15) is 0 Å². The van der Waals surface area contributed by atoms with E-state index < -0.39 is 0 Å². The Bertz CT molecular complexity index is 1390. The Morgan fingerprint density at radius 2 is 0.618 bits per heavy atom. The molecule has 2 aromatic heterocycles. The first-order chi connectivity index (χ1) is 16.9. The Hall–Kier alpha value is -3.72. The fourth-order valence-electron chi connectivity index (χ4n) is 4.28. The summed E-state index contributed by atoms with van der Waals surface area (Å²) in [6.45, 7) is 0. The van der Waals surface area contributed by atoms with E-state index in [2.05, 4.69) is 133 Å². The van der Waals surface area contributed by atoms with Crippen LogP contribution in [0, 0.1) is 0 Å². The summed E-state index contributed by atoms with van der Waals surface area (Å²) in [5.74, 6) is 0. The van der Waals surface area contributed by atoms with Gasteiger partial charge in [-0.05, 0) is 34.4 Å². The van der Waals surface area contributed by atoms with E-state index in [1.165, 1.54) is 52.9 Å². The molecule has 6 rings (SSSR count). The zero-order valence-corrected chi connectivity index (χ0v) is 20.2. The molecule has 0 atom stereocenters. The van der Waals surface area contributed by atoms with Crippen molar-refractivity contribution < 1.29 is 0 Å². The van der Waals surface area contributed by atoms with Crippen LogP contribution in [-0.2, 0) is 0 Å². The van der Waals surface area contributed by atoms with Gasteiger partial charge in [-0.2, -0.15) is 0 Å². The second kappa shape index (κ2) is 9.26. The van der Waals surface area contributed by atoms with Crippen LogP contribution in [0.4, 0.5) is 0 Å². The van der Waals surface area contributed by atoms with Crippen LogP contribution in [0.25, 0.3) is 52.9 Å². The Balaban J connectivity index is 1.61. The Labute approximate surface area is 208 Å². The van der Waals surface area contributed by atoms with Crippen molar-refractivity contribution in [2.75, 3.05) is 0 Å². The number of benzene rings is 4. The van der Waals surface area contributed by atoms with Crippen LogP contribution in [0.2, 0.25) is 0 Å². The van der Waals surface area contributed by atoms with Crippen molar-refractivity contribution in [3.05, 3.63) is 133 Å². The molecule has 0 fully saturated rings. The maximum absolute atomic E-state index is 2.38. The quantitative estimate of drug-likeness (QED) is 0.235. The van der Waals surface area contributed by atoms with Gasteiger partial charge in [-0.15, -0.1) is 22.7 Å². The van der Waals surface area contributed by atoms with Crippen LogP contribution >= 0.6 is 22.7 Å². The van der Waals surface area contributed by atoms with Crippen molar-refractivity contribution in [3.8, 4) is 52.9 Å². The van der Waals surface area contributed by atoms with Crippen molar-refractivity contribution in [3.63, 3.8) is 0 Å². The second-order valence-corrected chi connectivity index (χ2v) is 10.3. The van der Waals surface area contributed by atoms with Gasteiger partial charge in [0.2, 0.25) is 0 Å². The van der Waals surface area contributed by atoms with Gasteiger partial charge in [0.25, 0.3) is 0 Å². The van der Waals surface area contributed by atoms with Crippen molar-refractivity contribution in [2.24, 2.45) is 0 Å². The van der Waals surface area contributed by atoms with Gasteiger partial charge < -0.3 is 0 Å². The molecule has 0 spiro atoms. The molecular weight excluding hydrogens is 448 g/mol. The monoisotopic (exact) mass is 470 g/mol. The van der Waals surface area contributed by atoms with Crippen molar-refractivity contribution in [2.45, 2.75) is 0 Å². The summed E-state index contributed by atoms with van der Waals surface area (Å²) in [7, 11) is 0. The highest BCUT2D eigenvalue weighted by molar-refractivity contribution is 7.20. The molecule has 0 aliphatic rings. The van der Waals surface area contributed by atoms with E-state index >= 15 is 0 Å². The van der Waals surface area contributed by atoms with Crippen LogP contribution in [0.15, 0.2) is 133 Å². The lowest BCUT2D eigenvalue weighted by Gasteiger charge is -2.06. The summed E-state index contributed by atoms with van der Waals surface area (Å²) in [6, 6.07) is 47.7. The third-order valence-electron chi connectivity index (χ3n) is 5.94. The number of rotatable bonds is 5. The first kappa shape index (κ1) is 20.9. The fourth-order valence-corrected chi connectivity index (χ4v) is 6.65. The van der Waals surface area contributed by atoms with E-state index in [4.69, 9.17) is 0 Å². The van der Waals surface area contributed by atoms with Gasteiger partial charge in [0, 0.05) is 30.6 Å². The molecule has 0 saturated carbocycles.